The Kier molecular flexibility index (Phi) is 4.94. The van der Waals surface area contributed by atoms with Gasteiger partial charge >= 0.3 is 0 Å². The highest BCUT2D eigenvalue weighted by Gasteiger charge is 2.09. The fourth-order valence-electron chi connectivity index (χ4n) is 1.36. The Balaban J connectivity index is 2.61. The van der Waals surface area contributed by atoms with E-state index in [1.807, 2.05) is 0 Å². The average molecular weight is 224 g/mol. The van der Waals surface area contributed by atoms with Crippen molar-refractivity contribution in [2.45, 2.75) is 32.3 Å². The highest BCUT2D eigenvalue weighted by molar-refractivity contribution is 5.24. The van der Waals surface area contributed by atoms with E-state index in [4.69, 9.17) is 0 Å². The minimum atomic E-state index is -2.46. The SMILES string of the molecule is CC#CCCC(O)c1ccc(C(F)F)cc1. The molecule has 0 bridgehead atoms. The number of hydrogen-bond acceptors (Lipinski definition) is 1. The van der Waals surface area contributed by atoms with Gasteiger partial charge in [-0.25, -0.2) is 8.78 Å². The summed E-state index contributed by atoms with van der Waals surface area (Å²) < 4.78 is 24.5. The third kappa shape index (κ3) is 3.63. The molecule has 1 aromatic rings. The second-order valence-electron chi connectivity index (χ2n) is 3.45. The normalized spacial score (nSPS) is 12.1. The van der Waals surface area contributed by atoms with Gasteiger partial charge in [-0.2, -0.15) is 0 Å². The molecule has 1 N–H and O–H groups in total. The molecular formula is C13H14F2O. The summed E-state index contributed by atoms with van der Waals surface area (Å²) in [7, 11) is 0. The zero-order valence-corrected chi connectivity index (χ0v) is 9.08. The van der Waals surface area contributed by atoms with Gasteiger partial charge in [0.25, 0.3) is 6.43 Å². The lowest BCUT2D eigenvalue weighted by atomic mass is 10.0. The largest absolute Gasteiger partial charge is 0.388 e. The van der Waals surface area contributed by atoms with Crippen molar-refractivity contribution in [3.63, 3.8) is 0 Å². The van der Waals surface area contributed by atoms with Crippen molar-refractivity contribution in [2.24, 2.45) is 0 Å². The first kappa shape index (κ1) is 12.7. The topological polar surface area (TPSA) is 20.2 Å². The van der Waals surface area contributed by atoms with Gasteiger partial charge in [0.1, 0.15) is 0 Å². The van der Waals surface area contributed by atoms with Crippen molar-refractivity contribution in [1.82, 2.24) is 0 Å². The van der Waals surface area contributed by atoms with Crippen molar-refractivity contribution in [2.75, 3.05) is 0 Å². The Bertz CT molecular complexity index is 373. The molecule has 0 saturated heterocycles. The maximum atomic E-state index is 12.3. The summed E-state index contributed by atoms with van der Waals surface area (Å²) in [6, 6.07) is 5.75. The molecule has 0 aromatic heterocycles. The summed E-state index contributed by atoms with van der Waals surface area (Å²) in [6.07, 6.45) is -1.96. The number of hydrogen-bond donors (Lipinski definition) is 1. The van der Waals surface area contributed by atoms with Crippen molar-refractivity contribution in [3.8, 4) is 11.8 Å². The van der Waals surface area contributed by atoms with Crippen molar-refractivity contribution < 1.29 is 13.9 Å². The van der Waals surface area contributed by atoms with Gasteiger partial charge in [-0.15, -0.1) is 11.8 Å². The molecule has 16 heavy (non-hydrogen) atoms. The zero-order chi connectivity index (χ0) is 12.0. The summed E-state index contributed by atoms with van der Waals surface area (Å²) in [5.74, 6) is 5.59. The fraction of sp³-hybridized carbons (Fsp3) is 0.385. The van der Waals surface area contributed by atoms with Crippen molar-refractivity contribution in [3.05, 3.63) is 35.4 Å². The van der Waals surface area contributed by atoms with Crippen LogP contribution >= 0.6 is 0 Å². The van der Waals surface area contributed by atoms with Gasteiger partial charge in [0.05, 0.1) is 6.10 Å². The van der Waals surface area contributed by atoms with E-state index in [0.717, 1.165) is 0 Å². The summed E-state index contributed by atoms with van der Waals surface area (Å²) in [6.45, 7) is 1.74. The summed E-state index contributed by atoms with van der Waals surface area (Å²) in [4.78, 5) is 0. The highest BCUT2D eigenvalue weighted by Crippen LogP contribution is 2.23. The lowest BCUT2D eigenvalue weighted by molar-refractivity contribution is 0.150. The van der Waals surface area contributed by atoms with Gasteiger partial charge in [0.2, 0.25) is 0 Å². The van der Waals surface area contributed by atoms with E-state index in [0.29, 0.717) is 18.4 Å². The van der Waals surface area contributed by atoms with Crippen LogP contribution in [0.3, 0.4) is 0 Å². The number of aliphatic hydroxyl groups is 1. The minimum Gasteiger partial charge on any atom is -0.388 e. The third-order valence-corrected chi connectivity index (χ3v) is 2.29. The third-order valence-electron chi connectivity index (χ3n) is 2.29. The van der Waals surface area contributed by atoms with Gasteiger partial charge < -0.3 is 5.11 Å². The first-order chi connectivity index (χ1) is 7.65. The molecule has 0 radical (unpaired) electrons. The van der Waals surface area contributed by atoms with E-state index in [9.17, 15) is 13.9 Å². The van der Waals surface area contributed by atoms with Crippen LogP contribution in [0.15, 0.2) is 24.3 Å². The summed E-state index contributed by atoms with van der Waals surface area (Å²) in [5, 5.41) is 9.72. The van der Waals surface area contributed by atoms with Crippen LogP contribution in [0.2, 0.25) is 0 Å². The minimum absolute atomic E-state index is 0.0238. The molecule has 1 rings (SSSR count). The monoisotopic (exact) mass is 224 g/mol. The molecule has 0 heterocycles. The van der Waals surface area contributed by atoms with Gasteiger partial charge in [-0.05, 0) is 18.9 Å². The van der Waals surface area contributed by atoms with Crippen molar-refractivity contribution >= 4 is 0 Å². The molecule has 1 aromatic carbocycles. The van der Waals surface area contributed by atoms with E-state index < -0.39 is 12.5 Å². The zero-order valence-electron chi connectivity index (χ0n) is 9.08. The maximum Gasteiger partial charge on any atom is 0.263 e. The van der Waals surface area contributed by atoms with Gasteiger partial charge in [-0.1, -0.05) is 24.3 Å². The predicted octanol–water partition coefficient (Wildman–Crippen LogP) is 3.46. The van der Waals surface area contributed by atoms with Crippen LogP contribution in [-0.2, 0) is 0 Å². The van der Waals surface area contributed by atoms with E-state index in [-0.39, 0.29) is 5.56 Å². The van der Waals surface area contributed by atoms with Gasteiger partial charge in [-0.3, -0.25) is 0 Å². The standard InChI is InChI=1S/C13H14F2O/c1-2-3-4-5-12(16)10-6-8-11(9-7-10)13(14)15/h6-9,12-13,16H,4-5H2,1H3. The molecular weight excluding hydrogens is 210 g/mol. The van der Waals surface area contributed by atoms with Crippen LogP contribution < -0.4 is 0 Å². The molecule has 0 aliphatic carbocycles. The molecule has 0 spiro atoms. The first-order valence-electron chi connectivity index (χ1n) is 5.11. The molecule has 0 amide bonds. The molecule has 0 aliphatic rings. The Morgan fingerprint density at radius 3 is 2.25 bits per heavy atom. The second kappa shape index (κ2) is 6.24. The molecule has 0 fully saturated rings. The fourth-order valence-corrected chi connectivity index (χ4v) is 1.36. The first-order valence-corrected chi connectivity index (χ1v) is 5.11. The summed E-state index contributed by atoms with van der Waals surface area (Å²) in [5.41, 5.74) is 0.631. The van der Waals surface area contributed by atoms with E-state index >= 15 is 0 Å². The van der Waals surface area contributed by atoms with Crippen LogP contribution in [0.1, 0.15) is 43.4 Å². The van der Waals surface area contributed by atoms with Crippen LogP contribution in [0.25, 0.3) is 0 Å². The van der Waals surface area contributed by atoms with Crippen LogP contribution in [-0.4, -0.2) is 5.11 Å². The molecule has 0 aliphatic heterocycles. The van der Waals surface area contributed by atoms with E-state index in [1.54, 1.807) is 6.92 Å². The number of rotatable bonds is 4. The van der Waals surface area contributed by atoms with Crippen LogP contribution in [0.4, 0.5) is 8.78 Å². The lowest BCUT2D eigenvalue weighted by Crippen LogP contribution is -1.97. The quantitative estimate of drug-likeness (QED) is 0.776. The van der Waals surface area contributed by atoms with Gasteiger partial charge in [0.15, 0.2) is 0 Å². The number of halogens is 2. The number of aliphatic hydroxyl groups excluding tert-OH is 1. The number of benzene rings is 1. The van der Waals surface area contributed by atoms with Gasteiger partial charge in [0, 0.05) is 12.0 Å². The molecule has 1 nitrogen and oxygen atoms in total. The van der Waals surface area contributed by atoms with Crippen LogP contribution in [0.5, 0.6) is 0 Å². The highest BCUT2D eigenvalue weighted by atomic mass is 19.3. The molecule has 1 unspecified atom stereocenters. The Labute approximate surface area is 94.1 Å². The Morgan fingerprint density at radius 2 is 1.75 bits per heavy atom. The second-order valence-corrected chi connectivity index (χ2v) is 3.45. The van der Waals surface area contributed by atoms with Crippen molar-refractivity contribution in [1.29, 1.82) is 0 Å². The molecule has 86 valence electrons. The molecule has 1 atom stereocenters. The predicted molar refractivity (Wildman–Crippen MR) is 59.0 cm³/mol. The van der Waals surface area contributed by atoms with E-state index in [2.05, 4.69) is 11.8 Å². The van der Waals surface area contributed by atoms with E-state index in [1.165, 1.54) is 24.3 Å². The molecule has 0 saturated carbocycles. The Hall–Kier alpha value is -1.40. The Morgan fingerprint density at radius 1 is 1.19 bits per heavy atom. The lowest BCUT2D eigenvalue weighted by Gasteiger charge is -2.09. The average Bonchev–Trinajstić information content (AvgIpc) is 2.29. The maximum absolute atomic E-state index is 12.3. The molecule has 3 heteroatoms. The number of alkyl halides is 2. The summed E-state index contributed by atoms with van der Waals surface area (Å²) >= 11 is 0. The smallest absolute Gasteiger partial charge is 0.263 e. The van der Waals surface area contributed by atoms with Crippen LogP contribution in [0, 0.1) is 11.8 Å².